The summed E-state index contributed by atoms with van der Waals surface area (Å²) < 4.78 is 15.9. The van der Waals surface area contributed by atoms with E-state index in [0.29, 0.717) is 30.4 Å². The minimum Gasteiger partial charge on any atom is -0.496 e. The van der Waals surface area contributed by atoms with Crippen molar-refractivity contribution >= 4 is 23.2 Å². The second-order valence-corrected chi connectivity index (χ2v) is 6.38. The van der Waals surface area contributed by atoms with Gasteiger partial charge in [-0.2, -0.15) is 0 Å². The lowest BCUT2D eigenvalue weighted by atomic mass is 10.1. The molecule has 8 nitrogen and oxygen atoms in total. The van der Waals surface area contributed by atoms with Crippen molar-refractivity contribution in [2.75, 3.05) is 57.3 Å². The molecule has 1 aliphatic heterocycles. The van der Waals surface area contributed by atoms with Crippen molar-refractivity contribution in [3.05, 3.63) is 48.0 Å². The molecule has 0 spiro atoms. The van der Waals surface area contributed by atoms with Crippen molar-refractivity contribution in [1.82, 2.24) is 5.32 Å². The Balaban J connectivity index is 1.65. The van der Waals surface area contributed by atoms with Gasteiger partial charge in [0.05, 0.1) is 45.4 Å². The molecule has 0 aliphatic carbocycles. The molecule has 1 fully saturated rings. The predicted octanol–water partition coefficient (Wildman–Crippen LogP) is 1.91. The van der Waals surface area contributed by atoms with Gasteiger partial charge in [0.1, 0.15) is 17.1 Å². The third-order valence-electron chi connectivity index (χ3n) is 4.59. The molecule has 1 aliphatic rings. The second kappa shape index (κ2) is 9.79. The number of rotatable bonds is 7. The molecule has 0 bridgehead atoms. The number of methoxy groups -OCH3 is 2. The first-order valence-corrected chi connectivity index (χ1v) is 9.34. The molecule has 0 atom stereocenters. The van der Waals surface area contributed by atoms with E-state index < -0.39 is 5.91 Å². The molecule has 0 radical (unpaired) electrons. The maximum Gasteiger partial charge on any atom is 0.259 e. The molecule has 154 valence electrons. The van der Waals surface area contributed by atoms with Gasteiger partial charge in [0.15, 0.2) is 0 Å². The summed E-state index contributed by atoms with van der Waals surface area (Å²) in [6, 6.07) is 12.6. The van der Waals surface area contributed by atoms with E-state index in [4.69, 9.17) is 14.2 Å². The molecule has 1 heterocycles. The number of nitrogens with zero attached hydrogens (tertiary/aromatic N) is 1. The van der Waals surface area contributed by atoms with E-state index >= 15 is 0 Å². The summed E-state index contributed by atoms with van der Waals surface area (Å²) in [6.07, 6.45) is 0. The van der Waals surface area contributed by atoms with Crippen LogP contribution in [-0.2, 0) is 9.53 Å². The van der Waals surface area contributed by atoms with E-state index in [1.165, 1.54) is 14.2 Å². The topological polar surface area (TPSA) is 89.1 Å². The maximum atomic E-state index is 12.6. The summed E-state index contributed by atoms with van der Waals surface area (Å²) in [6.45, 7) is 2.64. The van der Waals surface area contributed by atoms with Crippen molar-refractivity contribution in [2.24, 2.45) is 0 Å². The third kappa shape index (κ3) is 4.97. The fourth-order valence-corrected chi connectivity index (χ4v) is 3.18. The van der Waals surface area contributed by atoms with Gasteiger partial charge in [-0.3, -0.25) is 9.59 Å². The number of anilines is 2. The van der Waals surface area contributed by atoms with E-state index in [0.717, 1.165) is 18.8 Å². The number of nitrogens with one attached hydrogen (secondary N) is 2. The number of benzene rings is 2. The first-order chi connectivity index (χ1) is 14.1. The van der Waals surface area contributed by atoms with Crippen LogP contribution in [0.5, 0.6) is 11.5 Å². The summed E-state index contributed by atoms with van der Waals surface area (Å²) >= 11 is 0. The quantitative estimate of drug-likeness (QED) is 0.739. The number of ether oxygens (including phenoxy) is 3. The molecule has 1 saturated heterocycles. The van der Waals surface area contributed by atoms with Crippen LogP contribution < -0.4 is 25.0 Å². The molecule has 0 saturated carbocycles. The monoisotopic (exact) mass is 399 g/mol. The van der Waals surface area contributed by atoms with Crippen LogP contribution in [0, 0.1) is 0 Å². The Hall–Kier alpha value is -3.26. The van der Waals surface area contributed by atoms with Gasteiger partial charge >= 0.3 is 0 Å². The van der Waals surface area contributed by atoms with Crippen LogP contribution in [0.2, 0.25) is 0 Å². The van der Waals surface area contributed by atoms with Gasteiger partial charge in [-0.1, -0.05) is 18.2 Å². The molecule has 2 N–H and O–H groups in total. The largest absolute Gasteiger partial charge is 0.496 e. The van der Waals surface area contributed by atoms with Crippen LogP contribution in [0.4, 0.5) is 11.4 Å². The number of hydrogen-bond donors (Lipinski definition) is 2. The fourth-order valence-electron chi connectivity index (χ4n) is 3.18. The third-order valence-corrected chi connectivity index (χ3v) is 4.59. The Labute approximate surface area is 169 Å². The highest BCUT2D eigenvalue weighted by Crippen LogP contribution is 2.28. The summed E-state index contributed by atoms with van der Waals surface area (Å²) in [5.74, 6) is -0.0244. The lowest BCUT2D eigenvalue weighted by Crippen LogP contribution is -2.37. The van der Waals surface area contributed by atoms with E-state index in [1.807, 2.05) is 24.3 Å². The van der Waals surface area contributed by atoms with E-state index in [-0.39, 0.29) is 18.0 Å². The summed E-state index contributed by atoms with van der Waals surface area (Å²) in [5, 5.41) is 5.50. The highest BCUT2D eigenvalue weighted by molar-refractivity contribution is 6.03. The Morgan fingerprint density at radius 3 is 2.31 bits per heavy atom. The lowest BCUT2D eigenvalue weighted by Gasteiger charge is -2.30. The van der Waals surface area contributed by atoms with Crippen molar-refractivity contribution in [3.8, 4) is 11.5 Å². The van der Waals surface area contributed by atoms with E-state index in [2.05, 4.69) is 15.5 Å². The number of hydrogen-bond acceptors (Lipinski definition) is 6. The summed E-state index contributed by atoms with van der Waals surface area (Å²) in [5.41, 5.74) is 1.88. The number of carbonyl (C=O) groups is 2. The lowest BCUT2D eigenvalue weighted by molar-refractivity contribution is -0.115. The molecular weight excluding hydrogens is 374 g/mol. The van der Waals surface area contributed by atoms with Gasteiger partial charge in [-0.15, -0.1) is 0 Å². The van der Waals surface area contributed by atoms with Gasteiger partial charge < -0.3 is 29.7 Å². The second-order valence-electron chi connectivity index (χ2n) is 6.38. The van der Waals surface area contributed by atoms with Crippen LogP contribution in [0.3, 0.4) is 0 Å². The molecular formula is C21H25N3O5. The van der Waals surface area contributed by atoms with Gasteiger partial charge in [-0.25, -0.2) is 0 Å². The Bertz CT molecular complexity index is 843. The van der Waals surface area contributed by atoms with Gasteiger partial charge in [0.2, 0.25) is 5.91 Å². The standard InChI is InChI=1S/C21H25N3O5/c1-27-17-8-5-9-18(28-2)20(17)21(26)22-14-19(25)23-15-6-3-4-7-16(15)24-10-12-29-13-11-24/h3-9H,10-14H2,1-2H3,(H,22,26)(H,23,25). The zero-order chi connectivity index (χ0) is 20.6. The maximum absolute atomic E-state index is 12.6. The first kappa shape index (κ1) is 20.5. The van der Waals surface area contributed by atoms with Crippen LogP contribution >= 0.6 is 0 Å². The van der Waals surface area contributed by atoms with Gasteiger partial charge in [-0.05, 0) is 24.3 Å². The summed E-state index contributed by atoms with van der Waals surface area (Å²) in [7, 11) is 2.95. The molecule has 2 aromatic carbocycles. The predicted molar refractivity (Wildman–Crippen MR) is 110 cm³/mol. The van der Waals surface area contributed by atoms with E-state index in [9.17, 15) is 9.59 Å². The van der Waals surface area contributed by atoms with Crippen LogP contribution in [0.25, 0.3) is 0 Å². The van der Waals surface area contributed by atoms with Crippen molar-refractivity contribution in [2.45, 2.75) is 0 Å². The average Bonchev–Trinajstić information content (AvgIpc) is 2.77. The number of para-hydroxylation sites is 2. The van der Waals surface area contributed by atoms with Gasteiger partial charge in [0.25, 0.3) is 5.91 Å². The van der Waals surface area contributed by atoms with E-state index in [1.54, 1.807) is 18.2 Å². The highest BCUT2D eigenvalue weighted by atomic mass is 16.5. The zero-order valence-corrected chi connectivity index (χ0v) is 16.6. The minimum absolute atomic E-state index is 0.183. The van der Waals surface area contributed by atoms with Crippen LogP contribution in [0.1, 0.15) is 10.4 Å². The Morgan fingerprint density at radius 2 is 1.66 bits per heavy atom. The molecule has 2 aromatic rings. The van der Waals surface area contributed by atoms with Crippen molar-refractivity contribution < 1.29 is 23.8 Å². The molecule has 29 heavy (non-hydrogen) atoms. The molecule has 0 aromatic heterocycles. The molecule has 8 heteroatoms. The molecule has 3 rings (SSSR count). The fraction of sp³-hybridized carbons (Fsp3) is 0.333. The SMILES string of the molecule is COc1cccc(OC)c1C(=O)NCC(=O)Nc1ccccc1N1CCOCC1. The first-order valence-electron chi connectivity index (χ1n) is 9.34. The van der Waals surface area contributed by atoms with Crippen LogP contribution in [-0.4, -0.2) is 58.9 Å². The average molecular weight is 399 g/mol. The van der Waals surface area contributed by atoms with Crippen molar-refractivity contribution in [1.29, 1.82) is 0 Å². The normalized spacial score (nSPS) is 13.5. The number of carbonyl (C=O) groups excluding carboxylic acids is 2. The number of morpholine rings is 1. The number of amides is 2. The zero-order valence-electron chi connectivity index (χ0n) is 16.6. The summed E-state index contributed by atoms with van der Waals surface area (Å²) in [4.78, 5) is 27.2. The van der Waals surface area contributed by atoms with Crippen molar-refractivity contribution in [3.63, 3.8) is 0 Å². The Morgan fingerprint density at radius 1 is 1.00 bits per heavy atom. The van der Waals surface area contributed by atoms with Crippen LogP contribution in [0.15, 0.2) is 42.5 Å². The highest BCUT2D eigenvalue weighted by Gasteiger charge is 2.20. The Kier molecular flexibility index (Phi) is 6.91. The minimum atomic E-state index is -0.448. The molecule has 2 amide bonds. The molecule has 0 unspecified atom stereocenters. The van der Waals surface area contributed by atoms with Gasteiger partial charge in [0, 0.05) is 13.1 Å². The smallest absolute Gasteiger partial charge is 0.259 e.